The van der Waals surface area contributed by atoms with Crippen LogP contribution in [-0.2, 0) is 6.42 Å². The molecule has 0 spiro atoms. The van der Waals surface area contributed by atoms with Gasteiger partial charge in [-0.3, -0.25) is 0 Å². The van der Waals surface area contributed by atoms with Gasteiger partial charge in [-0.05, 0) is 32.7 Å². The topological polar surface area (TPSA) is 37.8 Å². The second-order valence-corrected chi connectivity index (χ2v) is 3.82. The molecule has 0 fully saturated rings. The number of nitrogens with one attached hydrogen (secondary N) is 1. The normalized spacial score (nSPS) is 20.6. The quantitative estimate of drug-likeness (QED) is 0.774. The first-order valence-electron chi connectivity index (χ1n) is 5.37. The molecule has 1 aliphatic rings. The minimum atomic E-state index is 0.476. The van der Waals surface area contributed by atoms with Crippen LogP contribution in [0.1, 0.15) is 42.9 Å². The van der Waals surface area contributed by atoms with Crippen molar-refractivity contribution in [3.63, 3.8) is 0 Å². The predicted octanol–water partition coefficient (Wildman–Crippen LogP) is 1.77. The van der Waals surface area contributed by atoms with Crippen molar-refractivity contribution in [2.75, 3.05) is 6.54 Å². The number of fused-ring (bicyclic) bond motifs is 1. The fraction of sp³-hybridized carbons (Fsp3) is 0.636. The van der Waals surface area contributed by atoms with Gasteiger partial charge in [0.15, 0.2) is 0 Å². The third-order valence-electron chi connectivity index (χ3n) is 2.75. The Balaban J connectivity index is 2.30. The third kappa shape index (κ3) is 1.77. The lowest BCUT2D eigenvalue weighted by Gasteiger charge is -2.24. The lowest BCUT2D eigenvalue weighted by molar-refractivity contribution is 0.463. The standard InChI is InChI=1S/C11H17N3/c1-3-12-10-5-4-6-11-9(10)7-13-8(2)14-11/h7,10,12H,3-6H2,1-2H3. The lowest BCUT2D eigenvalue weighted by atomic mass is 9.92. The maximum atomic E-state index is 4.50. The molecule has 0 aromatic carbocycles. The van der Waals surface area contributed by atoms with E-state index in [9.17, 15) is 0 Å². The van der Waals surface area contributed by atoms with Crippen molar-refractivity contribution in [2.24, 2.45) is 0 Å². The van der Waals surface area contributed by atoms with Gasteiger partial charge in [0.1, 0.15) is 5.82 Å². The Kier molecular flexibility index (Phi) is 2.77. The maximum Gasteiger partial charge on any atom is 0.125 e. The monoisotopic (exact) mass is 191 g/mol. The largest absolute Gasteiger partial charge is 0.310 e. The van der Waals surface area contributed by atoms with E-state index in [1.807, 2.05) is 13.1 Å². The van der Waals surface area contributed by atoms with E-state index in [1.54, 1.807) is 0 Å². The van der Waals surface area contributed by atoms with Gasteiger partial charge in [-0.15, -0.1) is 0 Å². The number of rotatable bonds is 2. The smallest absolute Gasteiger partial charge is 0.125 e. The van der Waals surface area contributed by atoms with Crippen LogP contribution in [0.2, 0.25) is 0 Å². The van der Waals surface area contributed by atoms with Gasteiger partial charge in [0.05, 0.1) is 0 Å². The summed E-state index contributed by atoms with van der Waals surface area (Å²) in [6.07, 6.45) is 5.55. The van der Waals surface area contributed by atoms with E-state index in [0.29, 0.717) is 6.04 Å². The highest BCUT2D eigenvalue weighted by atomic mass is 14.9. The first-order chi connectivity index (χ1) is 6.81. The van der Waals surface area contributed by atoms with Gasteiger partial charge in [-0.25, -0.2) is 9.97 Å². The number of nitrogens with zero attached hydrogens (tertiary/aromatic N) is 2. The summed E-state index contributed by atoms with van der Waals surface area (Å²) < 4.78 is 0. The Hall–Kier alpha value is -0.960. The molecule has 1 unspecified atom stereocenters. The fourth-order valence-electron chi connectivity index (χ4n) is 2.11. The van der Waals surface area contributed by atoms with Crippen molar-refractivity contribution in [2.45, 2.75) is 39.2 Å². The van der Waals surface area contributed by atoms with Crippen LogP contribution in [0, 0.1) is 6.92 Å². The predicted molar refractivity (Wildman–Crippen MR) is 56.1 cm³/mol. The molecule has 2 rings (SSSR count). The highest BCUT2D eigenvalue weighted by molar-refractivity contribution is 5.24. The zero-order valence-electron chi connectivity index (χ0n) is 8.88. The van der Waals surface area contributed by atoms with Gasteiger partial charge < -0.3 is 5.32 Å². The van der Waals surface area contributed by atoms with Crippen LogP contribution in [0.15, 0.2) is 6.20 Å². The molecule has 0 bridgehead atoms. The molecule has 14 heavy (non-hydrogen) atoms. The van der Waals surface area contributed by atoms with E-state index in [4.69, 9.17) is 0 Å². The lowest BCUT2D eigenvalue weighted by Crippen LogP contribution is -2.25. The molecule has 0 saturated carbocycles. The van der Waals surface area contributed by atoms with Gasteiger partial charge in [-0.1, -0.05) is 6.92 Å². The highest BCUT2D eigenvalue weighted by Gasteiger charge is 2.20. The SMILES string of the molecule is CCNC1CCCc2nc(C)ncc21. The molecule has 1 N–H and O–H groups in total. The first-order valence-corrected chi connectivity index (χ1v) is 5.37. The zero-order chi connectivity index (χ0) is 9.97. The Morgan fingerprint density at radius 2 is 2.43 bits per heavy atom. The molecule has 0 aliphatic heterocycles. The Morgan fingerprint density at radius 1 is 1.57 bits per heavy atom. The third-order valence-corrected chi connectivity index (χ3v) is 2.75. The van der Waals surface area contributed by atoms with E-state index in [1.165, 1.54) is 24.1 Å². The van der Waals surface area contributed by atoms with E-state index < -0.39 is 0 Å². The summed E-state index contributed by atoms with van der Waals surface area (Å²) in [6.45, 7) is 5.11. The molecule has 3 nitrogen and oxygen atoms in total. The molecular weight excluding hydrogens is 174 g/mol. The van der Waals surface area contributed by atoms with E-state index >= 15 is 0 Å². The van der Waals surface area contributed by atoms with Crippen molar-refractivity contribution in [3.8, 4) is 0 Å². The summed E-state index contributed by atoms with van der Waals surface area (Å²) in [5.41, 5.74) is 2.55. The minimum absolute atomic E-state index is 0.476. The summed E-state index contributed by atoms with van der Waals surface area (Å²) in [7, 11) is 0. The molecular formula is C11H17N3. The number of aryl methyl sites for hydroxylation is 2. The average Bonchev–Trinajstić information content (AvgIpc) is 2.18. The summed E-state index contributed by atoms with van der Waals surface area (Å²) >= 11 is 0. The second kappa shape index (κ2) is 4.05. The molecule has 1 atom stereocenters. The van der Waals surface area contributed by atoms with Crippen molar-refractivity contribution in [1.29, 1.82) is 0 Å². The van der Waals surface area contributed by atoms with E-state index in [-0.39, 0.29) is 0 Å². The molecule has 0 radical (unpaired) electrons. The van der Waals surface area contributed by atoms with Gasteiger partial charge in [-0.2, -0.15) is 0 Å². The van der Waals surface area contributed by atoms with E-state index in [0.717, 1.165) is 18.8 Å². The molecule has 1 aliphatic carbocycles. The van der Waals surface area contributed by atoms with Crippen molar-refractivity contribution in [3.05, 3.63) is 23.3 Å². The molecule has 1 aromatic heterocycles. The fourth-order valence-corrected chi connectivity index (χ4v) is 2.11. The number of hydrogen-bond acceptors (Lipinski definition) is 3. The highest BCUT2D eigenvalue weighted by Crippen LogP contribution is 2.27. The Morgan fingerprint density at radius 3 is 3.21 bits per heavy atom. The van der Waals surface area contributed by atoms with Crippen LogP contribution in [0.4, 0.5) is 0 Å². The van der Waals surface area contributed by atoms with Crippen LogP contribution < -0.4 is 5.32 Å². The number of aromatic nitrogens is 2. The second-order valence-electron chi connectivity index (χ2n) is 3.82. The van der Waals surface area contributed by atoms with Crippen molar-refractivity contribution in [1.82, 2.24) is 15.3 Å². The van der Waals surface area contributed by atoms with Crippen LogP contribution >= 0.6 is 0 Å². The summed E-state index contributed by atoms with van der Waals surface area (Å²) in [4.78, 5) is 8.77. The molecule has 3 heteroatoms. The van der Waals surface area contributed by atoms with Crippen LogP contribution in [0.3, 0.4) is 0 Å². The van der Waals surface area contributed by atoms with Gasteiger partial charge >= 0.3 is 0 Å². The summed E-state index contributed by atoms with van der Waals surface area (Å²) in [5.74, 6) is 0.890. The van der Waals surface area contributed by atoms with Crippen LogP contribution in [0.25, 0.3) is 0 Å². The molecule has 0 saturated heterocycles. The van der Waals surface area contributed by atoms with Gasteiger partial charge in [0.2, 0.25) is 0 Å². The molecule has 1 aromatic rings. The Bertz CT molecular complexity index is 322. The van der Waals surface area contributed by atoms with Crippen molar-refractivity contribution < 1.29 is 0 Å². The van der Waals surface area contributed by atoms with Crippen molar-refractivity contribution >= 4 is 0 Å². The Labute approximate surface area is 85.0 Å². The van der Waals surface area contributed by atoms with E-state index in [2.05, 4.69) is 22.2 Å². The molecule has 76 valence electrons. The summed E-state index contributed by atoms with van der Waals surface area (Å²) in [5, 5.41) is 3.48. The van der Waals surface area contributed by atoms with Crippen LogP contribution in [0.5, 0.6) is 0 Å². The maximum absolute atomic E-state index is 4.50. The van der Waals surface area contributed by atoms with Gasteiger partial charge in [0.25, 0.3) is 0 Å². The molecule has 0 amide bonds. The first kappa shape index (κ1) is 9.59. The number of hydrogen-bond donors (Lipinski definition) is 1. The zero-order valence-corrected chi connectivity index (χ0v) is 8.88. The summed E-state index contributed by atoms with van der Waals surface area (Å²) in [6, 6.07) is 0.476. The van der Waals surface area contributed by atoms with Crippen LogP contribution in [-0.4, -0.2) is 16.5 Å². The van der Waals surface area contributed by atoms with Gasteiger partial charge in [0, 0.05) is 23.5 Å². The molecule has 1 heterocycles. The average molecular weight is 191 g/mol. The minimum Gasteiger partial charge on any atom is -0.310 e.